The van der Waals surface area contributed by atoms with Gasteiger partial charge in [0.25, 0.3) is 0 Å². The van der Waals surface area contributed by atoms with E-state index in [2.05, 4.69) is 30.4 Å². The van der Waals surface area contributed by atoms with Crippen LogP contribution in [-0.4, -0.2) is 20.2 Å². The molecule has 82 valence electrons. The Morgan fingerprint density at radius 2 is 2.27 bits per heavy atom. The zero-order valence-corrected chi connectivity index (χ0v) is 9.55. The van der Waals surface area contributed by atoms with Crippen LogP contribution in [-0.2, 0) is 0 Å². The Bertz CT molecular complexity index is 329. The van der Waals surface area contributed by atoms with Crippen LogP contribution in [0.25, 0.3) is 0 Å². The molecule has 1 atom stereocenters. The first kappa shape index (κ1) is 10.5. The van der Waals surface area contributed by atoms with Crippen molar-refractivity contribution in [2.24, 2.45) is 0 Å². The molecule has 1 aliphatic heterocycles. The third kappa shape index (κ3) is 2.32. The number of hydrogen-bond acceptors (Lipinski definition) is 2. The molecule has 15 heavy (non-hydrogen) atoms. The maximum absolute atomic E-state index is 5.22. The van der Waals surface area contributed by atoms with E-state index in [9.17, 15) is 0 Å². The van der Waals surface area contributed by atoms with Gasteiger partial charge < -0.3 is 10.1 Å². The van der Waals surface area contributed by atoms with Gasteiger partial charge in [0.1, 0.15) is 5.75 Å². The van der Waals surface area contributed by atoms with Gasteiger partial charge in [-0.1, -0.05) is 6.07 Å². The van der Waals surface area contributed by atoms with Gasteiger partial charge in [0.2, 0.25) is 0 Å². The van der Waals surface area contributed by atoms with Crippen LogP contribution in [0.5, 0.6) is 5.75 Å². The molecule has 2 rings (SSSR count). The topological polar surface area (TPSA) is 21.3 Å². The number of piperidine rings is 1. The minimum Gasteiger partial charge on any atom is -0.497 e. The molecule has 2 heteroatoms. The van der Waals surface area contributed by atoms with Crippen LogP contribution in [0, 0.1) is 6.92 Å². The second kappa shape index (κ2) is 4.67. The highest BCUT2D eigenvalue weighted by molar-refractivity contribution is 5.37. The van der Waals surface area contributed by atoms with E-state index in [1.165, 1.54) is 30.5 Å². The molecule has 0 aromatic heterocycles. The Morgan fingerprint density at radius 3 is 2.87 bits per heavy atom. The molecular formula is C13H19NO. The van der Waals surface area contributed by atoms with Gasteiger partial charge in [-0.2, -0.15) is 0 Å². The normalized spacial score (nSPS) is 21.3. The lowest BCUT2D eigenvalue weighted by molar-refractivity contribution is 0.413. The predicted octanol–water partition coefficient (Wildman–Crippen LogP) is 2.47. The van der Waals surface area contributed by atoms with Crippen LogP contribution in [0.15, 0.2) is 18.2 Å². The average molecular weight is 205 g/mol. The molecule has 0 bridgehead atoms. The fourth-order valence-corrected chi connectivity index (χ4v) is 2.35. The molecule has 0 amide bonds. The van der Waals surface area contributed by atoms with Gasteiger partial charge in [-0.25, -0.2) is 0 Å². The van der Waals surface area contributed by atoms with Gasteiger partial charge in [0, 0.05) is 6.54 Å². The van der Waals surface area contributed by atoms with Crippen molar-refractivity contribution in [1.82, 2.24) is 5.32 Å². The van der Waals surface area contributed by atoms with E-state index in [0.29, 0.717) is 5.92 Å². The molecule has 1 aromatic carbocycles. The smallest absolute Gasteiger partial charge is 0.119 e. The summed E-state index contributed by atoms with van der Waals surface area (Å²) in [7, 11) is 1.72. The summed E-state index contributed by atoms with van der Waals surface area (Å²) < 4.78 is 5.22. The second-order valence-corrected chi connectivity index (χ2v) is 4.27. The van der Waals surface area contributed by atoms with Crippen molar-refractivity contribution < 1.29 is 4.74 Å². The number of benzene rings is 1. The van der Waals surface area contributed by atoms with Crippen molar-refractivity contribution in [2.75, 3.05) is 20.2 Å². The summed E-state index contributed by atoms with van der Waals surface area (Å²) in [5, 5.41) is 3.46. The maximum atomic E-state index is 5.22. The summed E-state index contributed by atoms with van der Waals surface area (Å²) in [4.78, 5) is 0. The zero-order valence-electron chi connectivity index (χ0n) is 9.55. The molecule has 0 aliphatic carbocycles. The second-order valence-electron chi connectivity index (χ2n) is 4.27. The Balaban J connectivity index is 2.19. The van der Waals surface area contributed by atoms with Crippen molar-refractivity contribution in [1.29, 1.82) is 0 Å². The van der Waals surface area contributed by atoms with Crippen LogP contribution >= 0.6 is 0 Å². The fourth-order valence-electron chi connectivity index (χ4n) is 2.35. The van der Waals surface area contributed by atoms with Crippen molar-refractivity contribution in [3.05, 3.63) is 29.3 Å². The quantitative estimate of drug-likeness (QED) is 0.801. The van der Waals surface area contributed by atoms with E-state index >= 15 is 0 Å². The van der Waals surface area contributed by atoms with Crippen LogP contribution in [0.4, 0.5) is 0 Å². The molecule has 1 heterocycles. The molecule has 0 saturated carbocycles. The standard InChI is InChI=1S/C13H19NO/c1-10-8-12(15-2)5-6-13(10)11-4-3-7-14-9-11/h5-6,8,11,14H,3-4,7,9H2,1-2H3/t11-/m1/s1. The molecule has 1 fully saturated rings. The summed E-state index contributed by atoms with van der Waals surface area (Å²) in [6, 6.07) is 6.41. The zero-order chi connectivity index (χ0) is 10.7. The number of aryl methyl sites for hydroxylation is 1. The summed E-state index contributed by atoms with van der Waals surface area (Å²) >= 11 is 0. The van der Waals surface area contributed by atoms with Crippen molar-refractivity contribution >= 4 is 0 Å². The van der Waals surface area contributed by atoms with Gasteiger partial charge in [-0.15, -0.1) is 0 Å². The van der Waals surface area contributed by atoms with E-state index in [0.717, 1.165) is 12.3 Å². The SMILES string of the molecule is COc1ccc([C@@H]2CCCNC2)c(C)c1. The predicted molar refractivity (Wildman–Crippen MR) is 62.6 cm³/mol. The van der Waals surface area contributed by atoms with Gasteiger partial charge >= 0.3 is 0 Å². The largest absolute Gasteiger partial charge is 0.497 e. The first-order valence-corrected chi connectivity index (χ1v) is 5.66. The molecule has 0 radical (unpaired) electrons. The van der Waals surface area contributed by atoms with Crippen LogP contribution in [0.1, 0.15) is 29.9 Å². The lowest BCUT2D eigenvalue weighted by Gasteiger charge is -2.24. The molecular weight excluding hydrogens is 186 g/mol. The molecule has 1 aromatic rings. The Labute approximate surface area is 91.6 Å². The minimum atomic E-state index is 0.685. The lowest BCUT2D eigenvalue weighted by atomic mass is 9.89. The summed E-state index contributed by atoms with van der Waals surface area (Å²) in [6.45, 7) is 4.46. The van der Waals surface area contributed by atoms with Crippen LogP contribution in [0.3, 0.4) is 0 Å². The average Bonchev–Trinajstić information content (AvgIpc) is 2.30. The Hall–Kier alpha value is -1.02. The number of ether oxygens (including phenoxy) is 1. The van der Waals surface area contributed by atoms with E-state index in [1.54, 1.807) is 7.11 Å². The summed E-state index contributed by atoms with van der Waals surface area (Å²) in [5.74, 6) is 1.64. The third-order valence-corrected chi connectivity index (χ3v) is 3.21. The van der Waals surface area contributed by atoms with Gasteiger partial charge in [-0.05, 0) is 55.5 Å². The molecule has 2 nitrogen and oxygen atoms in total. The fraction of sp³-hybridized carbons (Fsp3) is 0.538. The highest BCUT2D eigenvalue weighted by atomic mass is 16.5. The van der Waals surface area contributed by atoms with Gasteiger partial charge in [0.05, 0.1) is 7.11 Å². The molecule has 0 unspecified atom stereocenters. The number of methoxy groups -OCH3 is 1. The summed E-state index contributed by atoms with van der Waals surface area (Å²) in [5.41, 5.74) is 2.83. The molecule has 1 saturated heterocycles. The van der Waals surface area contributed by atoms with Crippen molar-refractivity contribution in [3.8, 4) is 5.75 Å². The van der Waals surface area contributed by atoms with Crippen molar-refractivity contribution in [3.63, 3.8) is 0 Å². The highest BCUT2D eigenvalue weighted by Crippen LogP contribution is 2.28. The van der Waals surface area contributed by atoms with E-state index < -0.39 is 0 Å². The van der Waals surface area contributed by atoms with E-state index in [-0.39, 0.29) is 0 Å². The third-order valence-electron chi connectivity index (χ3n) is 3.21. The molecule has 0 spiro atoms. The van der Waals surface area contributed by atoms with Gasteiger partial charge in [0.15, 0.2) is 0 Å². The lowest BCUT2D eigenvalue weighted by Crippen LogP contribution is -2.28. The number of nitrogens with one attached hydrogen (secondary N) is 1. The Morgan fingerprint density at radius 1 is 1.40 bits per heavy atom. The first-order chi connectivity index (χ1) is 7.31. The van der Waals surface area contributed by atoms with E-state index in [1.807, 2.05) is 0 Å². The summed E-state index contributed by atoms with van der Waals surface area (Å²) in [6.07, 6.45) is 2.59. The van der Waals surface area contributed by atoms with Gasteiger partial charge in [-0.3, -0.25) is 0 Å². The van der Waals surface area contributed by atoms with Crippen molar-refractivity contribution in [2.45, 2.75) is 25.7 Å². The minimum absolute atomic E-state index is 0.685. The number of rotatable bonds is 2. The number of hydrogen-bond donors (Lipinski definition) is 1. The Kier molecular flexibility index (Phi) is 3.27. The highest BCUT2D eigenvalue weighted by Gasteiger charge is 2.16. The van der Waals surface area contributed by atoms with Crippen LogP contribution < -0.4 is 10.1 Å². The van der Waals surface area contributed by atoms with Crippen LogP contribution in [0.2, 0.25) is 0 Å². The molecule has 1 N–H and O–H groups in total. The monoisotopic (exact) mass is 205 g/mol. The molecule has 1 aliphatic rings. The van der Waals surface area contributed by atoms with E-state index in [4.69, 9.17) is 4.74 Å². The maximum Gasteiger partial charge on any atom is 0.119 e. The first-order valence-electron chi connectivity index (χ1n) is 5.66.